The fourth-order valence-corrected chi connectivity index (χ4v) is 9.73. The van der Waals surface area contributed by atoms with E-state index in [0.29, 0.717) is 0 Å². The van der Waals surface area contributed by atoms with Crippen molar-refractivity contribution in [1.29, 1.82) is 0 Å². The van der Waals surface area contributed by atoms with Gasteiger partial charge in [-0.05, 0) is 127 Å². The lowest BCUT2D eigenvalue weighted by atomic mass is 9.91. The number of benzene rings is 11. The summed E-state index contributed by atoms with van der Waals surface area (Å²) in [5.41, 5.74) is 16.2. The van der Waals surface area contributed by atoms with Gasteiger partial charge in [0.05, 0.1) is 16.7 Å². The van der Waals surface area contributed by atoms with Crippen molar-refractivity contribution in [3.05, 3.63) is 255 Å². The molecule has 0 aliphatic heterocycles. The number of fused-ring (bicyclic) bond motifs is 6. The van der Waals surface area contributed by atoms with Crippen LogP contribution < -0.4 is 4.90 Å². The Hall–Kier alpha value is -8.46. The molecule has 0 fully saturated rings. The lowest BCUT2D eigenvalue weighted by Crippen LogP contribution is -2.12. The lowest BCUT2D eigenvalue weighted by molar-refractivity contribution is 1.17. The molecule has 2 heteroatoms. The van der Waals surface area contributed by atoms with Gasteiger partial charge in [0.2, 0.25) is 0 Å². The molecule has 2 nitrogen and oxygen atoms in total. The van der Waals surface area contributed by atoms with E-state index in [1.54, 1.807) is 0 Å². The maximum Gasteiger partial charge on any atom is 0.0546 e. The van der Waals surface area contributed by atoms with Gasteiger partial charge in [0.15, 0.2) is 0 Å². The molecular weight excluding hydrogens is 773 g/mol. The minimum absolute atomic E-state index is 1.07. The Morgan fingerprint density at radius 2 is 0.750 bits per heavy atom. The smallest absolute Gasteiger partial charge is 0.0546 e. The normalized spacial score (nSPS) is 11.4. The van der Waals surface area contributed by atoms with Crippen LogP contribution >= 0.6 is 0 Å². The van der Waals surface area contributed by atoms with Gasteiger partial charge in [0.25, 0.3) is 0 Å². The van der Waals surface area contributed by atoms with Crippen molar-refractivity contribution in [3.63, 3.8) is 0 Å². The molecule has 64 heavy (non-hydrogen) atoms. The zero-order valence-electron chi connectivity index (χ0n) is 35.1. The number of nitrogens with zero attached hydrogens (tertiary/aromatic N) is 2. The third-order valence-corrected chi connectivity index (χ3v) is 12.8. The summed E-state index contributed by atoms with van der Waals surface area (Å²) in [4.78, 5) is 2.44. The fourth-order valence-electron chi connectivity index (χ4n) is 9.73. The first-order valence-corrected chi connectivity index (χ1v) is 22.0. The summed E-state index contributed by atoms with van der Waals surface area (Å²) in [5, 5.41) is 7.50. The molecule has 11 aromatic carbocycles. The van der Waals surface area contributed by atoms with E-state index in [0.717, 1.165) is 39.4 Å². The predicted molar refractivity (Wildman–Crippen MR) is 272 cm³/mol. The molecule has 1 heterocycles. The lowest BCUT2D eigenvalue weighted by Gasteiger charge is -2.29. The van der Waals surface area contributed by atoms with Crippen LogP contribution in [0.25, 0.3) is 93.5 Å². The first-order chi connectivity index (χ1) is 31.7. The SMILES string of the molecule is c1ccc(-c2cccc(-c3ccc(N(c4ccc(-n5c6ccccc6c6ccccc65)cc4)c4cc(-c5cc6ccccc6c6ccccc56)ccc4-c4ccccc4)cc3)c2)cc1. The first-order valence-electron chi connectivity index (χ1n) is 22.0. The highest BCUT2D eigenvalue weighted by Gasteiger charge is 2.21. The molecule has 300 valence electrons. The van der Waals surface area contributed by atoms with Crippen LogP contribution in [0.4, 0.5) is 17.1 Å². The molecule has 0 saturated carbocycles. The number of aromatic nitrogens is 1. The predicted octanol–water partition coefficient (Wildman–Crippen LogP) is 17.2. The van der Waals surface area contributed by atoms with Gasteiger partial charge >= 0.3 is 0 Å². The zero-order chi connectivity index (χ0) is 42.4. The molecule has 0 aliphatic rings. The van der Waals surface area contributed by atoms with E-state index in [1.807, 2.05) is 0 Å². The summed E-state index contributed by atoms with van der Waals surface area (Å²) in [6.45, 7) is 0. The average molecular weight is 815 g/mol. The molecule has 0 N–H and O–H groups in total. The van der Waals surface area contributed by atoms with E-state index in [2.05, 4.69) is 264 Å². The Kier molecular flexibility index (Phi) is 9.20. The molecule has 0 atom stereocenters. The zero-order valence-corrected chi connectivity index (χ0v) is 35.1. The minimum atomic E-state index is 1.07. The second kappa shape index (κ2) is 15.8. The molecule has 0 spiro atoms. The summed E-state index contributed by atoms with van der Waals surface area (Å²) in [7, 11) is 0. The number of para-hydroxylation sites is 2. The van der Waals surface area contributed by atoms with Crippen molar-refractivity contribution in [2.45, 2.75) is 0 Å². The molecule has 0 aliphatic carbocycles. The molecule has 1 aromatic heterocycles. The Labute approximate surface area is 373 Å². The van der Waals surface area contributed by atoms with Crippen LogP contribution in [0, 0.1) is 0 Å². The van der Waals surface area contributed by atoms with Gasteiger partial charge < -0.3 is 9.47 Å². The van der Waals surface area contributed by atoms with Crippen LogP contribution in [0.5, 0.6) is 0 Å². The van der Waals surface area contributed by atoms with Crippen LogP contribution in [0.3, 0.4) is 0 Å². The Bertz CT molecular complexity index is 3590. The van der Waals surface area contributed by atoms with Crippen molar-refractivity contribution in [2.24, 2.45) is 0 Å². The van der Waals surface area contributed by atoms with Crippen molar-refractivity contribution in [3.8, 4) is 50.2 Å². The molecule has 12 aromatic rings. The average Bonchev–Trinajstić information content (AvgIpc) is 3.71. The van der Waals surface area contributed by atoms with E-state index >= 15 is 0 Å². The number of anilines is 3. The minimum Gasteiger partial charge on any atom is -0.310 e. The van der Waals surface area contributed by atoms with Gasteiger partial charge in [0.1, 0.15) is 0 Å². The number of hydrogen-bond acceptors (Lipinski definition) is 1. The quantitative estimate of drug-likeness (QED) is 0.139. The highest BCUT2D eigenvalue weighted by Crippen LogP contribution is 2.45. The fraction of sp³-hybridized carbons (Fsp3) is 0. The van der Waals surface area contributed by atoms with Crippen LogP contribution in [0.2, 0.25) is 0 Å². The Morgan fingerprint density at radius 3 is 1.41 bits per heavy atom. The molecule has 0 bridgehead atoms. The molecule has 0 saturated heterocycles. The van der Waals surface area contributed by atoms with Gasteiger partial charge in [-0.3, -0.25) is 0 Å². The third-order valence-electron chi connectivity index (χ3n) is 12.8. The van der Waals surface area contributed by atoms with Crippen molar-refractivity contribution in [1.82, 2.24) is 4.57 Å². The second-order valence-corrected chi connectivity index (χ2v) is 16.5. The maximum absolute atomic E-state index is 2.44. The largest absolute Gasteiger partial charge is 0.310 e. The standard InChI is InChI=1S/C62H42N2/c1-3-16-43(17-4-1)46-21-15-22-47(40-46)44-30-33-50(34-31-44)63(51-35-37-52(38-36-51)64-60-28-13-11-26-57(60)58-27-12-14-29-61(58)64)62-42-49(32-39-54(62)45-18-5-2-6-19-45)59-41-48-20-7-8-23-53(48)55-24-9-10-25-56(55)59/h1-42H. The van der Waals surface area contributed by atoms with Gasteiger partial charge in [-0.15, -0.1) is 0 Å². The number of rotatable bonds is 8. The van der Waals surface area contributed by atoms with E-state index in [4.69, 9.17) is 0 Å². The number of hydrogen-bond donors (Lipinski definition) is 0. The van der Waals surface area contributed by atoms with E-state index in [9.17, 15) is 0 Å². The highest BCUT2D eigenvalue weighted by atomic mass is 15.1. The molecule has 0 radical (unpaired) electrons. The van der Waals surface area contributed by atoms with Crippen LogP contribution in [-0.4, -0.2) is 4.57 Å². The summed E-state index contributed by atoms with van der Waals surface area (Å²) in [6, 6.07) is 92.8. The van der Waals surface area contributed by atoms with Gasteiger partial charge in [-0.25, -0.2) is 0 Å². The topological polar surface area (TPSA) is 8.17 Å². The first kappa shape index (κ1) is 37.3. The van der Waals surface area contributed by atoms with Crippen molar-refractivity contribution in [2.75, 3.05) is 4.90 Å². The van der Waals surface area contributed by atoms with Gasteiger partial charge in [0, 0.05) is 33.4 Å². The van der Waals surface area contributed by atoms with Crippen LogP contribution in [-0.2, 0) is 0 Å². The van der Waals surface area contributed by atoms with E-state index in [1.165, 1.54) is 71.2 Å². The van der Waals surface area contributed by atoms with E-state index in [-0.39, 0.29) is 0 Å². The molecule has 0 amide bonds. The highest BCUT2D eigenvalue weighted by molar-refractivity contribution is 6.14. The molecular formula is C62H42N2. The van der Waals surface area contributed by atoms with E-state index < -0.39 is 0 Å². The molecule has 12 rings (SSSR count). The summed E-state index contributed by atoms with van der Waals surface area (Å²) in [6.07, 6.45) is 0. The monoisotopic (exact) mass is 814 g/mol. The summed E-state index contributed by atoms with van der Waals surface area (Å²) >= 11 is 0. The third kappa shape index (κ3) is 6.52. The van der Waals surface area contributed by atoms with Crippen molar-refractivity contribution < 1.29 is 0 Å². The second-order valence-electron chi connectivity index (χ2n) is 16.5. The Balaban J connectivity index is 1.06. The summed E-state index contributed by atoms with van der Waals surface area (Å²) in [5.74, 6) is 0. The summed E-state index contributed by atoms with van der Waals surface area (Å²) < 4.78 is 2.39. The van der Waals surface area contributed by atoms with Crippen LogP contribution in [0.1, 0.15) is 0 Å². The van der Waals surface area contributed by atoms with Gasteiger partial charge in [-0.1, -0.05) is 188 Å². The van der Waals surface area contributed by atoms with Crippen molar-refractivity contribution >= 4 is 60.4 Å². The van der Waals surface area contributed by atoms with Gasteiger partial charge in [-0.2, -0.15) is 0 Å². The Morgan fingerprint density at radius 1 is 0.266 bits per heavy atom. The maximum atomic E-state index is 2.44. The van der Waals surface area contributed by atoms with Crippen LogP contribution in [0.15, 0.2) is 255 Å². The molecule has 0 unspecified atom stereocenters.